The SMILES string of the molecule is COC(=O)[C@@H](OC(=O)c1ccccc1)[C@@H](OC(=O)c1ccccc1)C(=O)O. The normalized spacial score (nSPS) is 12.3. The zero-order valence-electron chi connectivity index (χ0n) is 14.2. The molecule has 0 aliphatic heterocycles. The molecule has 8 nitrogen and oxygen atoms in total. The van der Waals surface area contributed by atoms with E-state index in [-0.39, 0.29) is 11.1 Å². The highest BCUT2D eigenvalue weighted by atomic mass is 16.6. The first kappa shape index (κ1) is 19.6. The van der Waals surface area contributed by atoms with Gasteiger partial charge in [0.1, 0.15) is 0 Å². The zero-order valence-corrected chi connectivity index (χ0v) is 14.2. The molecule has 0 fully saturated rings. The number of aliphatic carboxylic acids is 1. The Bertz CT molecular complexity index is 816. The van der Waals surface area contributed by atoms with Crippen LogP contribution in [0.5, 0.6) is 0 Å². The van der Waals surface area contributed by atoms with E-state index in [1.807, 2.05) is 0 Å². The second-order valence-electron chi connectivity index (χ2n) is 5.25. The fourth-order valence-electron chi connectivity index (χ4n) is 2.11. The number of hydrogen-bond acceptors (Lipinski definition) is 7. The summed E-state index contributed by atoms with van der Waals surface area (Å²) in [5, 5.41) is 9.39. The number of carboxylic acids is 1. The predicted octanol–water partition coefficient (Wildman–Crippen LogP) is 1.70. The number of ether oxygens (including phenoxy) is 3. The molecule has 0 saturated heterocycles. The Morgan fingerprint density at radius 3 is 1.52 bits per heavy atom. The van der Waals surface area contributed by atoms with Crippen LogP contribution in [0.2, 0.25) is 0 Å². The molecule has 2 aromatic carbocycles. The van der Waals surface area contributed by atoms with Crippen LogP contribution in [0.15, 0.2) is 60.7 Å². The van der Waals surface area contributed by atoms with Gasteiger partial charge in [-0.25, -0.2) is 19.2 Å². The van der Waals surface area contributed by atoms with Crippen LogP contribution in [0.3, 0.4) is 0 Å². The number of carbonyl (C=O) groups excluding carboxylic acids is 3. The number of hydrogen-bond donors (Lipinski definition) is 1. The molecule has 0 spiro atoms. The Balaban J connectivity index is 2.25. The lowest BCUT2D eigenvalue weighted by molar-refractivity contribution is -0.168. The molecule has 2 aromatic rings. The van der Waals surface area contributed by atoms with Crippen molar-refractivity contribution in [1.29, 1.82) is 0 Å². The Morgan fingerprint density at radius 2 is 1.15 bits per heavy atom. The third kappa shape index (κ3) is 5.15. The summed E-state index contributed by atoms with van der Waals surface area (Å²) in [5.41, 5.74) is 0.159. The molecule has 0 radical (unpaired) electrons. The standard InChI is InChI=1S/C19H16O8/c1-25-19(24)15(27-18(23)13-10-6-3-7-11-13)14(16(20)21)26-17(22)12-8-4-2-5-9-12/h2-11,14-15H,1H3,(H,20,21)/t14-,15+/m1/s1. The van der Waals surface area contributed by atoms with E-state index in [2.05, 4.69) is 4.74 Å². The molecule has 140 valence electrons. The summed E-state index contributed by atoms with van der Waals surface area (Å²) in [6, 6.07) is 15.2. The molecule has 0 unspecified atom stereocenters. The second kappa shape index (κ2) is 9.14. The zero-order chi connectivity index (χ0) is 19.8. The number of benzene rings is 2. The number of rotatable bonds is 7. The van der Waals surface area contributed by atoms with Gasteiger partial charge in [-0.15, -0.1) is 0 Å². The van der Waals surface area contributed by atoms with Gasteiger partial charge in [0, 0.05) is 0 Å². The van der Waals surface area contributed by atoms with Crippen molar-refractivity contribution >= 4 is 23.9 Å². The maximum atomic E-state index is 12.2. The van der Waals surface area contributed by atoms with E-state index in [1.54, 1.807) is 36.4 Å². The lowest BCUT2D eigenvalue weighted by atomic mass is 10.1. The fraction of sp³-hybridized carbons (Fsp3) is 0.158. The van der Waals surface area contributed by atoms with Gasteiger partial charge in [-0.1, -0.05) is 36.4 Å². The van der Waals surface area contributed by atoms with E-state index in [0.717, 1.165) is 7.11 Å². The highest BCUT2D eigenvalue weighted by Crippen LogP contribution is 2.14. The summed E-state index contributed by atoms with van der Waals surface area (Å²) < 4.78 is 14.4. The smallest absolute Gasteiger partial charge is 0.351 e. The van der Waals surface area contributed by atoms with Gasteiger partial charge in [-0.3, -0.25) is 0 Å². The molecule has 0 bridgehead atoms. The van der Waals surface area contributed by atoms with Crippen molar-refractivity contribution in [2.75, 3.05) is 7.11 Å². The maximum Gasteiger partial charge on any atom is 0.351 e. The topological polar surface area (TPSA) is 116 Å². The molecule has 2 atom stereocenters. The highest BCUT2D eigenvalue weighted by molar-refractivity contribution is 5.95. The number of methoxy groups -OCH3 is 1. The van der Waals surface area contributed by atoms with Crippen LogP contribution in [0, 0.1) is 0 Å². The first-order valence-electron chi connectivity index (χ1n) is 7.76. The molecular weight excluding hydrogens is 356 g/mol. The van der Waals surface area contributed by atoms with E-state index < -0.39 is 36.1 Å². The summed E-state index contributed by atoms with van der Waals surface area (Å²) in [6.07, 6.45) is -4.06. The quantitative estimate of drug-likeness (QED) is 0.577. The van der Waals surface area contributed by atoms with Gasteiger partial charge in [0.25, 0.3) is 0 Å². The van der Waals surface area contributed by atoms with Crippen molar-refractivity contribution in [2.45, 2.75) is 12.2 Å². The number of carboxylic acid groups (broad SMARTS) is 1. The van der Waals surface area contributed by atoms with Gasteiger partial charge in [0.15, 0.2) is 0 Å². The van der Waals surface area contributed by atoms with Gasteiger partial charge in [-0.2, -0.15) is 0 Å². The van der Waals surface area contributed by atoms with Gasteiger partial charge >= 0.3 is 23.9 Å². The lowest BCUT2D eigenvalue weighted by Gasteiger charge is -2.22. The van der Waals surface area contributed by atoms with Crippen molar-refractivity contribution in [3.05, 3.63) is 71.8 Å². The molecule has 0 heterocycles. The molecule has 0 aromatic heterocycles. The van der Waals surface area contributed by atoms with Gasteiger partial charge in [0.2, 0.25) is 12.2 Å². The molecule has 0 aliphatic rings. The van der Waals surface area contributed by atoms with Crippen LogP contribution < -0.4 is 0 Å². The van der Waals surface area contributed by atoms with E-state index >= 15 is 0 Å². The maximum absolute atomic E-state index is 12.2. The van der Waals surface area contributed by atoms with Crippen molar-refractivity contribution in [2.24, 2.45) is 0 Å². The van der Waals surface area contributed by atoms with Gasteiger partial charge < -0.3 is 19.3 Å². The van der Waals surface area contributed by atoms with Crippen LogP contribution in [-0.2, 0) is 23.8 Å². The van der Waals surface area contributed by atoms with Crippen molar-refractivity contribution < 1.29 is 38.5 Å². The van der Waals surface area contributed by atoms with Gasteiger partial charge in [-0.05, 0) is 24.3 Å². The monoisotopic (exact) mass is 372 g/mol. The van der Waals surface area contributed by atoms with E-state index in [4.69, 9.17) is 9.47 Å². The highest BCUT2D eigenvalue weighted by Gasteiger charge is 2.41. The molecular formula is C19H16O8. The molecule has 0 aliphatic carbocycles. The Morgan fingerprint density at radius 1 is 0.741 bits per heavy atom. The van der Waals surface area contributed by atoms with Crippen LogP contribution >= 0.6 is 0 Å². The summed E-state index contributed by atoms with van der Waals surface area (Å²) >= 11 is 0. The van der Waals surface area contributed by atoms with E-state index in [1.165, 1.54) is 24.3 Å². The average Bonchev–Trinajstić information content (AvgIpc) is 2.70. The van der Waals surface area contributed by atoms with Crippen molar-refractivity contribution in [1.82, 2.24) is 0 Å². The lowest BCUT2D eigenvalue weighted by Crippen LogP contribution is -2.46. The molecule has 2 rings (SSSR count). The summed E-state index contributed by atoms with van der Waals surface area (Å²) in [7, 11) is 0.990. The molecule has 8 heteroatoms. The minimum absolute atomic E-state index is 0.0711. The fourth-order valence-corrected chi connectivity index (χ4v) is 2.11. The molecule has 0 saturated carbocycles. The minimum Gasteiger partial charge on any atom is -0.478 e. The van der Waals surface area contributed by atoms with E-state index in [9.17, 15) is 24.3 Å². The molecule has 27 heavy (non-hydrogen) atoms. The third-order valence-corrected chi connectivity index (χ3v) is 3.44. The second-order valence-corrected chi connectivity index (χ2v) is 5.25. The first-order chi connectivity index (χ1) is 12.9. The van der Waals surface area contributed by atoms with Crippen LogP contribution in [0.25, 0.3) is 0 Å². The summed E-state index contributed by atoms with van der Waals surface area (Å²) in [6.45, 7) is 0. The molecule has 0 amide bonds. The Hall–Kier alpha value is -3.68. The van der Waals surface area contributed by atoms with Crippen LogP contribution in [-0.4, -0.2) is 48.3 Å². The summed E-state index contributed by atoms with van der Waals surface area (Å²) in [4.78, 5) is 47.9. The van der Waals surface area contributed by atoms with Crippen molar-refractivity contribution in [3.63, 3.8) is 0 Å². The first-order valence-corrected chi connectivity index (χ1v) is 7.76. The molecule has 1 N–H and O–H groups in total. The van der Waals surface area contributed by atoms with Gasteiger partial charge in [0.05, 0.1) is 18.2 Å². The predicted molar refractivity (Wildman–Crippen MR) is 90.9 cm³/mol. The van der Waals surface area contributed by atoms with E-state index in [0.29, 0.717) is 0 Å². The van der Waals surface area contributed by atoms with Crippen LogP contribution in [0.4, 0.5) is 0 Å². The average molecular weight is 372 g/mol. The Kier molecular flexibility index (Phi) is 6.65. The number of carbonyl (C=O) groups is 4. The summed E-state index contributed by atoms with van der Waals surface area (Å²) in [5.74, 6) is -4.80. The number of esters is 3. The van der Waals surface area contributed by atoms with Crippen LogP contribution in [0.1, 0.15) is 20.7 Å². The largest absolute Gasteiger partial charge is 0.478 e. The Labute approximate surface area is 154 Å². The van der Waals surface area contributed by atoms with Crippen molar-refractivity contribution in [3.8, 4) is 0 Å². The third-order valence-electron chi connectivity index (χ3n) is 3.44. The minimum atomic E-state index is -2.09.